The molecule has 3 aromatic rings. The fraction of sp³-hybridized carbons (Fsp3) is 0.467. The molecule has 1 N–H and O–H groups in total. The third kappa shape index (κ3) is 6.36. The summed E-state index contributed by atoms with van der Waals surface area (Å²) in [6.07, 6.45) is 12.4. The Morgan fingerprint density at radius 3 is 2.62 bits per heavy atom. The van der Waals surface area contributed by atoms with Crippen LogP contribution in [0.1, 0.15) is 67.5 Å². The Morgan fingerprint density at radius 2 is 1.82 bits per heavy atom. The quantitative estimate of drug-likeness (QED) is 0.259. The van der Waals surface area contributed by atoms with Gasteiger partial charge in [-0.1, -0.05) is 30.2 Å². The van der Waals surface area contributed by atoms with Gasteiger partial charge in [0, 0.05) is 50.4 Å². The van der Waals surface area contributed by atoms with Crippen molar-refractivity contribution in [1.82, 2.24) is 4.31 Å². The van der Waals surface area contributed by atoms with E-state index >= 15 is 0 Å². The monoisotopic (exact) mass is 568 g/mol. The van der Waals surface area contributed by atoms with Crippen molar-refractivity contribution in [2.45, 2.75) is 62.7 Å². The SMILES string of the molecule is C[n+]1c(C=Cc2ccc3c(c2)CCCN3CCCCCC(=O)O)sc2cc(S(=O)(=O)N3CCCCC3)ccc21. The minimum absolute atomic E-state index is 0.253. The van der Waals surface area contributed by atoms with Crippen LogP contribution in [0, 0.1) is 0 Å². The first-order valence-corrected chi connectivity index (χ1v) is 16.3. The van der Waals surface area contributed by atoms with Gasteiger partial charge in [-0.05, 0) is 80.0 Å². The molecule has 2 aromatic carbocycles. The van der Waals surface area contributed by atoms with Crippen LogP contribution in [0.15, 0.2) is 41.3 Å². The first-order chi connectivity index (χ1) is 18.8. The number of nitrogens with zero attached hydrogens (tertiary/aromatic N) is 3. The predicted octanol–water partition coefficient (Wildman–Crippen LogP) is 5.47. The standard InChI is InChI=1S/C30H37N3O4S2/c1-31-27-15-13-25(39(36,37)33-19-6-3-7-20-33)22-28(27)38-29(31)16-12-23-11-14-26-24(21-23)9-8-18-32(26)17-5-2-4-10-30(34)35/h11-16,21-22H,2-10,17-20H2,1H3/p+1. The summed E-state index contributed by atoms with van der Waals surface area (Å²) in [4.78, 5) is 13.6. The molecular weight excluding hydrogens is 530 g/mol. The van der Waals surface area contributed by atoms with Crippen LogP contribution in [0.3, 0.4) is 0 Å². The van der Waals surface area contributed by atoms with E-state index in [0.29, 0.717) is 18.0 Å². The number of carboxylic acids is 1. The number of thiazole rings is 1. The Kier molecular flexibility index (Phi) is 8.69. The summed E-state index contributed by atoms with van der Waals surface area (Å²) in [6, 6.07) is 12.2. The first-order valence-electron chi connectivity index (χ1n) is 14.0. The molecule has 0 radical (unpaired) electrons. The molecule has 2 aliphatic heterocycles. The van der Waals surface area contributed by atoms with Crippen LogP contribution in [0.2, 0.25) is 0 Å². The van der Waals surface area contributed by atoms with E-state index in [9.17, 15) is 13.2 Å². The van der Waals surface area contributed by atoms with E-state index in [4.69, 9.17) is 5.11 Å². The number of hydrogen-bond acceptors (Lipinski definition) is 5. The summed E-state index contributed by atoms with van der Waals surface area (Å²) in [6.45, 7) is 3.24. The lowest BCUT2D eigenvalue weighted by Crippen LogP contribution is -2.35. The zero-order valence-electron chi connectivity index (χ0n) is 22.6. The Morgan fingerprint density at radius 1 is 1.00 bits per heavy atom. The van der Waals surface area contributed by atoms with E-state index in [1.165, 1.54) is 11.3 Å². The largest absolute Gasteiger partial charge is 0.481 e. The number of aromatic nitrogens is 1. The second-order valence-corrected chi connectivity index (χ2v) is 13.6. The van der Waals surface area contributed by atoms with Crippen LogP contribution in [0.4, 0.5) is 5.69 Å². The molecule has 3 heterocycles. The highest BCUT2D eigenvalue weighted by atomic mass is 32.2. The topological polar surface area (TPSA) is 81.8 Å². The van der Waals surface area contributed by atoms with E-state index < -0.39 is 16.0 Å². The first kappa shape index (κ1) is 27.8. The number of hydrogen-bond donors (Lipinski definition) is 1. The summed E-state index contributed by atoms with van der Waals surface area (Å²) in [5.74, 6) is -0.714. The van der Waals surface area contributed by atoms with Gasteiger partial charge >= 0.3 is 5.97 Å². The zero-order valence-corrected chi connectivity index (χ0v) is 24.3. The van der Waals surface area contributed by atoms with Crippen LogP contribution >= 0.6 is 11.3 Å². The number of carboxylic acid groups (broad SMARTS) is 1. The van der Waals surface area contributed by atoms with Crippen molar-refractivity contribution in [3.8, 4) is 0 Å². The van der Waals surface area contributed by atoms with Gasteiger partial charge in [0.2, 0.25) is 15.5 Å². The van der Waals surface area contributed by atoms with Crippen LogP contribution in [0.25, 0.3) is 22.4 Å². The fourth-order valence-corrected chi connectivity index (χ4v) is 8.38. The van der Waals surface area contributed by atoms with Crippen LogP contribution in [-0.2, 0) is 28.3 Å². The van der Waals surface area contributed by atoms with Crippen LogP contribution in [-0.4, -0.2) is 50.0 Å². The molecule has 208 valence electrons. The number of piperidine rings is 1. The molecule has 0 saturated carbocycles. The molecule has 0 unspecified atom stereocenters. The maximum Gasteiger partial charge on any atom is 0.303 e. The van der Waals surface area contributed by atoms with Crippen molar-refractivity contribution in [3.05, 3.63) is 52.5 Å². The van der Waals surface area contributed by atoms with Crippen molar-refractivity contribution in [1.29, 1.82) is 0 Å². The van der Waals surface area contributed by atoms with Crippen molar-refractivity contribution in [2.24, 2.45) is 7.05 Å². The Balaban J connectivity index is 1.29. The van der Waals surface area contributed by atoms with Gasteiger partial charge in [-0.15, -0.1) is 0 Å². The van der Waals surface area contributed by atoms with Crippen molar-refractivity contribution in [3.63, 3.8) is 0 Å². The summed E-state index contributed by atoms with van der Waals surface area (Å²) in [5.41, 5.74) is 4.85. The Hall–Kier alpha value is -2.75. The highest BCUT2D eigenvalue weighted by Gasteiger charge is 2.27. The van der Waals surface area contributed by atoms with E-state index in [2.05, 4.69) is 39.8 Å². The molecule has 7 nitrogen and oxygen atoms in total. The number of fused-ring (bicyclic) bond motifs is 2. The number of aliphatic carboxylic acids is 1. The lowest BCUT2D eigenvalue weighted by atomic mass is 9.98. The van der Waals surface area contributed by atoms with E-state index in [1.807, 2.05) is 19.2 Å². The van der Waals surface area contributed by atoms with Crippen LogP contribution in [0.5, 0.6) is 0 Å². The number of carbonyl (C=O) groups is 1. The number of anilines is 1. The normalized spacial score (nSPS) is 16.7. The lowest BCUT2D eigenvalue weighted by Gasteiger charge is -2.31. The molecular formula is C30H38N3O4S2+. The van der Waals surface area contributed by atoms with Gasteiger partial charge < -0.3 is 10.0 Å². The summed E-state index contributed by atoms with van der Waals surface area (Å²) in [5, 5.41) is 9.90. The van der Waals surface area contributed by atoms with Crippen LogP contribution < -0.4 is 9.47 Å². The van der Waals surface area contributed by atoms with Gasteiger partial charge in [0.15, 0.2) is 0 Å². The van der Waals surface area contributed by atoms with Gasteiger partial charge in [-0.3, -0.25) is 4.79 Å². The average Bonchev–Trinajstić information content (AvgIpc) is 3.26. The fourth-order valence-electron chi connectivity index (χ4n) is 5.67. The number of rotatable bonds is 10. The molecule has 1 saturated heterocycles. The number of benzene rings is 2. The van der Waals surface area contributed by atoms with Gasteiger partial charge in [-0.2, -0.15) is 8.87 Å². The Labute approximate surface area is 235 Å². The van der Waals surface area contributed by atoms with E-state index in [1.54, 1.807) is 21.7 Å². The molecule has 1 fully saturated rings. The van der Waals surface area contributed by atoms with E-state index in [-0.39, 0.29) is 6.42 Å². The zero-order chi connectivity index (χ0) is 27.4. The van der Waals surface area contributed by atoms with Crippen molar-refractivity contribution < 1.29 is 22.9 Å². The Bertz CT molecular complexity index is 1470. The molecule has 1 aromatic heterocycles. The maximum absolute atomic E-state index is 13.2. The van der Waals surface area contributed by atoms with Gasteiger partial charge in [-0.25, -0.2) is 8.42 Å². The number of aryl methyl sites for hydroxylation is 2. The molecule has 0 amide bonds. The lowest BCUT2D eigenvalue weighted by molar-refractivity contribution is -0.642. The molecule has 0 bridgehead atoms. The highest BCUT2D eigenvalue weighted by molar-refractivity contribution is 7.89. The minimum Gasteiger partial charge on any atom is -0.481 e. The second kappa shape index (κ2) is 12.2. The highest BCUT2D eigenvalue weighted by Crippen LogP contribution is 2.30. The van der Waals surface area contributed by atoms with Crippen molar-refractivity contribution in [2.75, 3.05) is 31.1 Å². The average molecular weight is 569 g/mol. The third-order valence-electron chi connectivity index (χ3n) is 7.85. The van der Waals surface area contributed by atoms with Gasteiger partial charge in [0.05, 0.1) is 4.90 Å². The summed E-state index contributed by atoms with van der Waals surface area (Å²) in [7, 11) is -1.43. The molecule has 5 rings (SSSR count). The molecule has 39 heavy (non-hydrogen) atoms. The molecule has 0 spiro atoms. The number of sulfonamides is 1. The predicted molar refractivity (Wildman–Crippen MR) is 158 cm³/mol. The maximum atomic E-state index is 13.2. The third-order valence-corrected chi connectivity index (χ3v) is 10.9. The van der Waals surface area contributed by atoms with Gasteiger partial charge in [0.1, 0.15) is 11.7 Å². The molecule has 0 aliphatic carbocycles. The number of unbranched alkanes of at least 4 members (excludes halogenated alkanes) is 2. The minimum atomic E-state index is -3.45. The van der Waals surface area contributed by atoms with Crippen molar-refractivity contribution >= 4 is 55.4 Å². The summed E-state index contributed by atoms with van der Waals surface area (Å²) < 4.78 is 31.1. The summed E-state index contributed by atoms with van der Waals surface area (Å²) >= 11 is 1.61. The van der Waals surface area contributed by atoms with E-state index in [0.717, 1.165) is 85.2 Å². The molecule has 0 atom stereocenters. The molecule has 2 aliphatic rings. The molecule has 9 heteroatoms. The second-order valence-electron chi connectivity index (χ2n) is 10.6. The smallest absolute Gasteiger partial charge is 0.303 e. The van der Waals surface area contributed by atoms with Gasteiger partial charge in [0.25, 0.3) is 5.01 Å².